The van der Waals surface area contributed by atoms with Gasteiger partial charge in [-0.25, -0.2) is 9.97 Å². The number of benzene rings is 1. The second kappa shape index (κ2) is 8.70. The van der Waals surface area contributed by atoms with Crippen molar-refractivity contribution in [2.45, 2.75) is 63.7 Å². The summed E-state index contributed by atoms with van der Waals surface area (Å²) in [6, 6.07) is 9.34. The summed E-state index contributed by atoms with van der Waals surface area (Å²) in [5.41, 5.74) is 3.18. The van der Waals surface area contributed by atoms with Gasteiger partial charge in [-0.2, -0.15) is 13.2 Å². The molecule has 7 heteroatoms. The zero-order valence-electron chi connectivity index (χ0n) is 18.0. The lowest BCUT2D eigenvalue weighted by Gasteiger charge is -2.29. The predicted octanol–water partition coefficient (Wildman–Crippen LogP) is 5.89. The highest BCUT2D eigenvalue weighted by Gasteiger charge is 2.30. The first-order valence-electron chi connectivity index (χ1n) is 11.4. The Morgan fingerprint density at radius 3 is 2.69 bits per heavy atom. The number of rotatable bonds is 4. The molecule has 0 atom stereocenters. The maximum absolute atomic E-state index is 13.1. The lowest BCUT2D eigenvalue weighted by molar-refractivity contribution is -0.137. The van der Waals surface area contributed by atoms with Gasteiger partial charge in [-0.15, -0.1) is 0 Å². The van der Waals surface area contributed by atoms with Gasteiger partial charge in [-0.1, -0.05) is 25.3 Å². The highest BCUT2D eigenvalue weighted by atomic mass is 19.4. The van der Waals surface area contributed by atoms with E-state index in [9.17, 15) is 13.2 Å². The molecule has 0 unspecified atom stereocenters. The summed E-state index contributed by atoms with van der Waals surface area (Å²) in [6.45, 7) is 2.29. The molecule has 32 heavy (non-hydrogen) atoms. The Hall–Kier alpha value is -2.67. The molecule has 168 valence electrons. The van der Waals surface area contributed by atoms with Crippen LogP contribution in [-0.4, -0.2) is 26.0 Å². The van der Waals surface area contributed by atoms with E-state index in [4.69, 9.17) is 9.97 Å². The predicted molar refractivity (Wildman–Crippen MR) is 116 cm³/mol. The fourth-order valence-corrected chi connectivity index (χ4v) is 4.94. The average molecular weight is 441 g/mol. The quantitative estimate of drug-likeness (QED) is 0.507. The number of hydrogen-bond donors (Lipinski definition) is 0. The normalized spacial score (nSPS) is 18.0. The van der Waals surface area contributed by atoms with Gasteiger partial charge in [-0.3, -0.25) is 4.90 Å². The Kier molecular flexibility index (Phi) is 5.76. The third kappa shape index (κ3) is 4.44. The highest BCUT2D eigenvalue weighted by Crippen LogP contribution is 2.32. The molecule has 5 rings (SSSR count). The molecule has 1 saturated carbocycles. The Morgan fingerprint density at radius 1 is 1.03 bits per heavy atom. The van der Waals surface area contributed by atoms with E-state index in [1.54, 1.807) is 6.07 Å². The molecule has 0 saturated heterocycles. The van der Waals surface area contributed by atoms with Gasteiger partial charge in [0.15, 0.2) is 0 Å². The maximum atomic E-state index is 13.1. The molecule has 0 amide bonds. The molecular weight excluding hydrogens is 413 g/mol. The summed E-state index contributed by atoms with van der Waals surface area (Å²) < 4.78 is 41.3. The van der Waals surface area contributed by atoms with E-state index in [1.165, 1.54) is 44.2 Å². The summed E-state index contributed by atoms with van der Waals surface area (Å²) in [6.07, 6.45) is 6.58. The zero-order valence-corrected chi connectivity index (χ0v) is 18.0. The highest BCUT2D eigenvalue weighted by molar-refractivity contribution is 5.39. The summed E-state index contributed by atoms with van der Waals surface area (Å²) in [7, 11) is 0. The van der Waals surface area contributed by atoms with Gasteiger partial charge in [0.05, 0.1) is 5.56 Å². The lowest BCUT2D eigenvalue weighted by atomic mass is 9.88. The SMILES string of the molecule is FC(F)(F)c1cccc(-n2cccc2CN2CCc3nc(C4CCCCC4)ncc3C2)c1. The van der Waals surface area contributed by atoms with Crippen LogP contribution in [0.25, 0.3) is 5.69 Å². The van der Waals surface area contributed by atoms with Crippen molar-refractivity contribution in [1.82, 2.24) is 19.4 Å². The van der Waals surface area contributed by atoms with Gasteiger partial charge < -0.3 is 4.57 Å². The third-order valence-electron chi connectivity index (χ3n) is 6.67. The second-order valence-corrected chi connectivity index (χ2v) is 8.91. The van der Waals surface area contributed by atoms with Crippen molar-refractivity contribution in [1.29, 1.82) is 0 Å². The van der Waals surface area contributed by atoms with E-state index < -0.39 is 11.7 Å². The minimum Gasteiger partial charge on any atom is -0.320 e. The molecule has 0 bridgehead atoms. The molecule has 1 fully saturated rings. The van der Waals surface area contributed by atoms with Gasteiger partial charge in [0.25, 0.3) is 0 Å². The molecule has 1 aromatic carbocycles. The van der Waals surface area contributed by atoms with Crippen LogP contribution in [0.4, 0.5) is 13.2 Å². The number of nitrogens with zero attached hydrogens (tertiary/aromatic N) is 4. The maximum Gasteiger partial charge on any atom is 0.416 e. The van der Waals surface area contributed by atoms with Gasteiger partial charge in [-0.05, 0) is 43.2 Å². The Balaban J connectivity index is 1.31. The average Bonchev–Trinajstić information content (AvgIpc) is 3.27. The minimum atomic E-state index is -4.35. The molecule has 1 aliphatic heterocycles. The zero-order chi connectivity index (χ0) is 22.1. The van der Waals surface area contributed by atoms with Crippen molar-refractivity contribution in [3.05, 3.63) is 77.1 Å². The largest absolute Gasteiger partial charge is 0.416 e. The van der Waals surface area contributed by atoms with E-state index in [1.807, 2.05) is 29.1 Å². The Morgan fingerprint density at radius 2 is 1.88 bits per heavy atom. The summed E-state index contributed by atoms with van der Waals surface area (Å²) in [4.78, 5) is 11.9. The van der Waals surface area contributed by atoms with Crippen LogP contribution in [0, 0.1) is 0 Å². The minimum absolute atomic E-state index is 0.503. The van der Waals surface area contributed by atoms with E-state index in [-0.39, 0.29) is 0 Å². The van der Waals surface area contributed by atoms with E-state index >= 15 is 0 Å². The first-order valence-corrected chi connectivity index (χ1v) is 11.4. The fraction of sp³-hybridized carbons (Fsp3) is 0.440. The van der Waals surface area contributed by atoms with Crippen molar-refractivity contribution in [2.24, 2.45) is 0 Å². The van der Waals surface area contributed by atoms with Crippen molar-refractivity contribution in [3.8, 4) is 5.69 Å². The standard InChI is InChI=1S/C25H27F3N4/c26-25(27,28)20-8-4-9-21(14-20)32-12-5-10-22(32)17-31-13-11-23-19(16-31)15-29-24(30-23)18-6-2-1-3-7-18/h4-5,8-10,12,14-15,18H,1-3,6-7,11,13,16-17H2. The number of halogens is 3. The number of hydrogen-bond acceptors (Lipinski definition) is 3. The van der Waals surface area contributed by atoms with Crippen molar-refractivity contribution < 1.29 is 13.2 Å². The lowest BCUT2D eigenvalue weighted by Crippen LogP contribution is -2.32. The molecule has 0 spiro atoms. The molecule has 2 aromatic heterocycles. The Labute approximate surface area is 186 Å². The van der Waals surface area contributed by atoms with Crippen LogP contribution < -0.4 is 0 Å². The van der Waals surface area contributed by atoms with E-state index in [2.05, 4.69) is 4.90 Å². The van der Waals surface area contributed by atoms with Crippen LogP contribution in [-0.2, 0) is 25.7 Å². The van der Waals surface area contributed by atoms with Crippen molar-refractivity contribution >= 4 is 0 Å². The third-order valence-corrected chi connectivity index (χ3v) is 6.67. The monoisotopic (exact) mass is 440 g/mol. The first-order chi connectivity index (χ1) is 15.5. The van der Waals surface area contributed by atoms with Crippen LogP contribution in [0.2, 0.25) is 0 Å². The molecule has 0 N–H and O–H groups in total. The number of fused-ring (bicyclic) bond motifs is 1. The van der Waals surface area contributed by atoms with Crippen LogP contribution >= 0.6 is 0 Å². The first kappa shape index (κ1) is 21.2. The fourth-order valence-electron chi connectivity index (χ4n) is 4.94. The molecule has 3 heterocycles. The topological polar surface area (TPSA) is 34.0 Å². The van der Waals surface area contributed by atoms with Crippen molar-refractivity contribution in [2.75, 3.05) is 6.54 Å². The van der Waals surface area contributed by atoms with Crippen LogP contribution in [0.3, 0.4) is 0 Å². The number of alkyl halides is 3. The van der Waals surface area contributed by atoms with E-state index in [0.29, 0.717) is 18.2 Å². The van der Waals surface area contributed by atoms with Crippen molar-refractivity contribution in [3.63, 3.8) is 0 Å². The van der Waals surface area contributed by atoms with Gasteiger partial charge in [0, 0.05) is 67.0 Å². The summed E-state index contributed by atoms with van der Waals surface area (Å²) in [5, 5.41) is 0. The van der Waals surface area contributed by atoms with Gasteiger partial charge >= 0.3 is 6.18 Å². The Bertz CT molecular complexity index is 1080. The van der Waals surface area contributed by atoms with Crippen LogP contribution in [0.15, 0.2) is 48.8 Å². The van der Waals surface area contributed by atoms with Crippen LogP contribution in [0.1, 0.15) is 66.4 Å². The smallest absolute Gasteiger partial charge is 0.320 e. The molecule has 1 aliphatic carbocycles. The second-order valence-electron chi connectivity index (χ2n) is 8.91. The molecular formula is C25H27F3N4. The van der Waals surface area contributed by atoms with Gasteiger partial charge in [0.1, 0.15) is 5.82 Å². The van der Waals surface area contributed by atoms with E-state index in [0.717, 1.165) is 48.4 Å². The van der Waals surface area contributed by atoms with Crippen LogP contribution in [0.5, 0.6) is 0 Å². The molecule has 0 radical (unpaired) electrons. The summed E-state index contributed by atoms with van der Waals surface area (Å²) >= 11 is 0. The number of aromatic nitrogens is 3. The molecule has 3 aromatic rings. The molecule has 2 aliphatic rings. The molecule has 4 nitrogen and oxygen atoms in total. The van der Waals surface area contributed by atoms with Gasteiger partial charge in [0.2, 0.25) is 0 Å². The summed E-state index contributed by atoms with van der Waals surface area (Å²) in [5.74, 6) is 1.51.